The normalized spacial score (nSPS) is 15.0. The maximum Gasteiger partial charge on any atom is 0.243 e. The van der Waals surface area contributed by atoms with Gasteiger partial charge in [-0.15, -0.1) is 0 Å². The van der Waals surface area contributed by atoms with Crippen LogP contribution in [0.4, 0.5) is 0 Å². The summed E-state index contributed by atoms with van der Waals surface area (Å²) in [7, 11) is 2.05. The Morgan fingerprint density at radius 1 is 1.54 bits per heavy atom. The van der Waals surface area contributed by atoms with Crippen molar-refractivity contribution in [2.24, 2.45) is 7.05 Å². The van der Waals surface area contributed by atoms with Crippen LogP contribution in [0.1, 0.15) is 12.8 Å². The molecule has 0 fully saturated rings. The Kier molecular flexibility index (Phi) is 2.30. The van der Waals surface area contributed by atoms with Gasteiger partial charge in [0.1, 0.15) is 12.4 Å². The Hall–Kier alpha value is -1.31. The van der Waals surface area contributed by atoms with Gasteiger partial charge in [-0.2, -0.15) is 0 Å². The highest BCUT2D eigenvalue weighted by Crippen LogP contribution is 2.14. The molecule has 0 saturated heterocycles. The molecule has 1 aromatic heterocycles. The van der Waals surface area contributed by atoms with E-state index >= 15 is 0 Å². The van der Waals surface area contributed by atoms with Crippen LogP contribution in [-0.2, 0) is 13.6 Å². The van der Waals surface area contributed by atoms with Crippen LogP contribution in [0, 0.1) is 0 Å². The van der Waals surface area contributed by atoms with Crippen LogP contribution >= 0.6 is 0 Å². The second-order valence-corrected chi connectivity index (χ2v) is 3.52. The third kappa shape index (κ3) is 2.08. The van der Waals surface area contributed by atoms with Crippen molar-refractivity contribution in [3.63, 3.8) is 0 Å². The smallest absolute Gasteiger partial charge is 0.240 e. The van der Waals surface area contributed by atoms with Crippen LogP contribution in [-0.4, -0.2) is 4.57 Å². The summed E-state index contributed by atoms with van der Waals surface area (Å²) in [5, 5.41) is 0. The van der Waals surface area contributed by atoms with Gasteiger partial charge in [0.25, 0.3) is 0 Å². The van der Waals surface area contributed by atoms with E-state index in [0.717, 1.165) is 13.0 Å². The van der Waals surface area contributed by atoms with Crippen molar-refractivity contribution < 1.29 is 4.57 Å². The molecule has 1 aromatic rings. The van der Waals surface area contributed by atoms with Crippen molar-refractivity contribution in [1.82, 2.24) is 4.57 Å². The van der Waals surface area contributed by atoms with Gasteiger partial charge < -0.3 is 0 Å². The fraction of sp³-hybridized carbons (Fsp3) is 0.364. The molecule has 0 saturated carbocycles. The molecule has 0 radical (unpaired) electrons. The topological polar surface area (TPSA) is 8.81 Å². The summed E-state index contributed by atoms with van der Waals surface area (Å²) < 4.78 is 4.29. The molecule has 0 aromatic carbocycles. The lowest BCUT2D eigenvalue weighted by atomic mass is 10.2. The standard InChI is InChI=1S/C11H15N2/c1-12-8-9-13(10-12)7-6-11-4-2-3-5-11/h2-4,8-10H,5-7H2,1H3/q+1. The molecular formula is C11H15N2+. The Balaban J connectivity index is 1.86. The lowest BCUT2D eigenvalue weighted by Crippen LogP contribution is -2.23. The maximum absolute atomic E-state index is 2.23. The first-order valence-electron chi connectivity index (χ1n) is 4.70. The number of rotatable bonds is 3. The quantitative estimate of drug-likeness (QED) is 0.617. The summed E-state index contributed by atoms with van der Waals surface area (Å²) in [6, 6.07) is 0. The van der Waals surface area contributed by atoms with Gasteiger partial charge in [0.15, 0.2) is 0 Å². The molecule has 0 amide bonds. The second-order valence-electron chi connectivity index (χ2n) is 3.52. The first kappa shape index (κ1) is 8.30. The third-order valence-corrected chi connectivity index (χ3v) is 2.36. The van der Waals surface area contributed by atoms with Gasteiger partial charge in [0.05, 0.1) is 13.6 Å². The zero-order chi connectivity index (χ0) is 9.10. The van der Waals surface area contributed by atoms with Crippen molar-refractivity contribution in [1.29, 1.82) is 0 Å². The summed E-state index contributed by atoms with van der Waals surface area (Å²) in [5.74, 6) is 0. The van der Waals surface area contributed by atoms with E-state index in [-0.39, 0.29) is 0 Å². The van der Waals surface area contributed by atoms with Crippen LogP contribution in [0.15, 0.2) is 42.5 Å². The monoisotopic (exact) mass is 175 g/mol. The molecule has 2 heteroatoms. The molecule has 68 valence electrons. The molecular weight excluding hydrogens is 160 g/mol. The van der Waals surface area contributed by atoms with Crippen molar-refractivity contribution in [3.05, 3.63) is 42.5 Å². The predicted molar refractivity (Wildman–Crippen MR) is 52.1 cm³/mol. The molecule has 13 heavy (non-hydrogen) atoms. The van der Waals surface area contributed by atoms with E-state index < -0.39 is 0 Å². The van der Waals surface area contributed by atoms with Crippen molar-refractivity contribution in [2.75, 3.05) is 0 Å². The van der Waals surface area contributed by atoms with E-state index in [4.69, 9.17) is 0 Å². The number of nitrogens with zero attached hydrogens (tertiary/aromatic N) is 2. The van der Waals surface area contributed by atoms with Gasteiger partial charge in [-0.3, -0.25) is 0 Å². The molecule has 0 spiro atoms. The average molecular weight is 175 g/mol. The van der Waals surface area contributed by atoms with E-state index in [0.29, 0.717) is 0 Å². The first-order chi connectivity index (χ1) is 6.34. The molecule has 2 nitrogen and oxygen atoms in total. The van der Waals surface area contributed by atoms with E-state index in [1.165, 1.54) is 12.0 Å². The summed E-state index contributed by atoms with van der Waals surface area (Å²) >= 11 is 0. The van der Waals surface area contributed by atoms with Crippen LogP contribution in [0.25, 0.3) is 0 Å². The molecule has 0 bridgehead atoms. The lowest BCUT2D eigenvalue weighted by Gasteiger charge is -1.97. The minimum atomic E-state index is 1.09. The Labute approximate surface area is 78.8 Å². The van der Waals surface area contributed by atoms with Gasteiger partial charge in [-0.1, -0.05) is 23.8 Å². The van der Waals surface area contributed by atoms with Gasteiger partial charge in [0, 0.05) is 6.42 Å². The van der Waals surface area contributed by atoms with Crippen molar-refractivity contribution in [3.8, 4) is 0 Å². The van der Waals surface area contributed by atoms with Gasteiger partial charge in [-0.25, -0.2) is 9.13 Å². The highest BCUT2D eigenvalue weighted by Gasteiger charge is 2.03. The highest BCUT2D eigenvalue weighted by atomic mass is 15.1. The highest BCUT2D eigenvalue weighted by molar-refractivity contribution is 5.22. The Morgan fingerprint density at radius 2 is 2.46 bits per heavy atom. The fourth-order valence-electron chi connectivity index (χ4n) is 1.58. The maximum atomic E-state index is 2.23. The Bertz CT molecular complexity index is 345. The summed E-state index contributed by atoms with van der Waals surface area (Å²) in [4.78, 5) is 0. The number of imidazole rings is 1. The van der Waals surface area contributed by atoms with E-state index in [9.17, 15) is 0 Å². The SMILES string of the molecule is C[n+]1ccn(CCC2=CC=CC2)c1. The minimum Gasteiger partial charge on any atom is -0.240 e. The molecule has 1 aliphatic rings. The predicted octanol–water partition coefficient (Wildman–Crippen LogP) is 1.59. The fourth-order valence-corrected chi connectivity index (χ4v) is 1.58. The molecule has 0 atom stereocenters. The number of aryl methyl sites for hydroxylation is 2. The van der Waals surface area contributed by atoms with Gasteiger partial charge >= 0.3 is 0 Å². The number of hydrogen-bond donors (Lipinski definition) is 0. The zero-order valence-corrected chi connectivity index (χ0v) is 7.98. The van der Waals surface area contributed by atoms with Crippen LogP contribution < -0.4 is 4.57 Å². The minimum absolute atomic E-state index is 1.09. The lowest BCUT2D eigenvalue weighted by molar-refractivity contribution is -0.671. The molecule has 2 rings (SSSR count). The van der Waals surface area contributed by atoms with Gasteiger partial charge in [0.2, 0.25) is 6.33 Å². The van der Waals surface area contributed by atoms with E-state index in [1.54, 1.807) is 0 Å². The Morgan fingerprint density at radius 3 is 3.08 bits per heavy atom. The molecule has 0 aliphatic heterocycles. The van der Waals surface area contributed by atoms with E-state index in [1.807, 2.05) is 7.05 Å². The summed E-state index contributed by atoms with van der Waals surface area (Å²) in [5.41, 5.74) is 1.54. The molecule has 1 aliphatic carbocycles. The van der Waals surface area contributed by atoms with E-state index in [2.05, 4.69) is 46.1 Å². The van der Waals surface area contributed by atoms with Crippen molar-refractivity contribution in [2.45, 2.75) is 19.4 Å². The molecule has 0 unspecified atom stereocenters. The van der Waals surface area contributed by atoms with Crippen LogP contribution in [0.2, 0.25) is 0 Å². The van der Waals surface area contributed by atoms with Crippen LogP contribution in [0.5, 0.6) is 0 Å². The molecule has 0 N–H and O–H groups in total. The van der Waals surface area contributed by atoms with Crippen molar-refractivity contribution >= 4 is 0 Å². The van der Waals surface area contributed by atoms with Gasteiger partial charge in [-0.05, 0) is 6.42 Å². The van der Waals surface area contributed by atoms with Crippen LogP contribution in [0.3, 0.4) is 0 Å². The average Bonchev–Trinajstić information content (AvgIpc) is 2.71. The number of aromatic nitrogens is 2. The second kappa shape index (κ2) is 3.60. The number of hydrogen-bond acceptors (Lipinski definition) is 0. The molecule has 1 heterocycles. The summed E-state index contributed by atoms with van der Waals surface area (Å²) in [6.07, 6.45) is 15.2. The first-order valence-corrected chi connectivity index (χ1v) is 4.70. The zero-order valence-electron chi connectivity index (χ0n) is 7.98. The largest absolute Gasteiger partial charge is 0.243 e. The summed E-state index contributed by atoms with van der Waals surface area (Å²) in [6.45, 7) is 1.09. The third-order valence-electron chi connectivity index (χ3n) is 2.36. The number of allylic oxidation sites excluding steroid dienone is 4.